The molecule has 0 fully saturated rings. The Morgan fingerprint density at radius 3 is 2.65 bits per heavy atom. The number of hydrogen-bond donors (Lipinski definition) is 0. The largest absolute Gasteiger partial charge is 0.248 e. The number of benzene rings is 1. The summed E-state index contributed by atoms with van der Waals surface area (Å²) in [6.07, 6.45) is 4.83. The predicted molar refractivity (Wildman–Crippen MR) is 69.7 cm³/mol. The second kappa shape index (κ2) is 4.66. The van der Waals surface area contributed by atoms with Crippen molar-refractivity contribution < 1.29 is 4.57 Å². The predicted octanol–water partition coefficient (Wildman–Crippen LogP) is 2.75. The van der Waals surface area contributed by atoms with E-state index in [0.717, 1.165) is 12.1 Å². The van der Waals surface area contributed by atoms with Gasteiger partial charge in [-0.25, -0.2) is 4.98 Å². The molecule has 0 unspecified atom stereocenters. The van der Waals surface area contributed by atoms with Gasteiger partial charge in [0.15, 0.2) is 6.20 Å². The van der Waals surface area contributed by atoms with Crippen LogP contribution in [0, 0.1) is 13.8 Å². The standard InChI is InChI=1S/C15H19N2/c1-5-14-15(17(4)9-8-16-14)13-7-6-11(2)10-12(13)3/h6-10H,5H2,1-4H3/q+1. The molecule has 0 bridgehead atoms. The van der Waals surface area contributed by atoms with Gasteiger partial charge in [0.2, 0.25) is 5.69 Å². The Morgan fingerprint density at radius 2 is 2.00 bits per heavy atom. The number of rotatable bonds is 2. The molecule has 0 aliphatic carbocycles. The molecule has 0 aliphatic heterocycles. The highest BCUT2D eigenvalue weighted by Gasteiger charge is 2.17. The first kappa shape index (κ1) is 11.8. The zero-order valence-corrected chi connectivity index (χ0v) is 11.0. The minimum absolute atomic E-state index is 0.956. The van der Waals surface area contributed by atoms with Crippen LogP contribution in [0.3, 0.4) is 0 Å². The summed E-state index contributed by atoms with van der Waals surface area (Å²) in [5.74, 6) is 0. The fourth-order valence-electron chi connectivity index (χ4n) is 2.25. The van der Waals surface area contributed by atoms with Crippen molar-refractivity contribution >= 4 is 0 Å². The van der Waals surface area contributed by atoms with Crippen molar-refractivity contribution in [3.8, 4) is 11.3 Å². The molecule has 1 aromatic heterocycles. The Morgan fingerprint density at radius 1 is 1.24 bits per heavy atom. The minimum Gasteiger partial charge on any atom is -0.248 e. The second-order valence-electron chi connectivity index (χ2n) is 4.51. The van der Waals surface area contributed by atoms with E-state index < -0.39 is 0 Å². The molecule has 2 rings (SSSR count). The summed E-state index contributed by atoms with van der Waals surface area (Å²) in [6.45, 7) is 6.44. The van der Waals surface area contributed by atoms with E-state index in [1.165, 1.54) is 22.4 Å². The fraction of sp³-hybridized carbons (Fsp3) is 0.333. The highest BCUT2D eigenvalue weighted by Crippen LogP contribution is 2.23. The van der Waals surface area contributed by atoms with Gasteiger partial charge in [0.25, 0.3) is 0 Å². The van der Waals surface area contributed by atoms with Crippen LogP contribution in [0.4, 0.5) is 0 Å². The Hall–Kier alpha value is -1.70. The first-order chi connectivity index (χ1) is 8.13. The van der Waals surface area contributed by atoms with Gasteiger partial charge in [-0.3, -0.25) is 0 Å². The van der Waals surface area contributed by atoms with Crippen molar-refractivity contribution in [1.29, 1.82) is 0 Å². The summed E-state index contributed by atoms with van der Waals surface area (Å²) in [6, 6.07) is 6.58. The van der Waals surface area contributed by atoms with Crippen molar-refractivity contribution in [2.24, 2.45) is 7.05 Å². The van der Waals surface area contributed by atoms with E-state index in [0.29, 0.717) is 0 Å². The van der Waals surface area contributed by atoms with E-state index in [9.17, 15) is 0 Å². The molecule has 0 N–H and O–H groups in total. The van der Waals surface area contributed by atoms with Gasteiger partial charge in [0.05, 0.1) is 11.8 Å². The quantitative estimate of drug-likeness (QED) is 0.721. The van der Waals surface area contributed by atoms with Gasteiger partial charge in [-0.05, 0) is 31.9 Å². The van der Waals surface area contributed by atoms with Crippen LogP contribution < -0.4 is 4.57 Å². The Kier molecular flexibility index (Phi) is 3.23. The van der Waals surface area contributed by atoms with Crippen LogP contribution in [-0.2, 0) is 13.5 Å². The second-order valence-corrected chi connectivity index (χ2v) is 4.51. The third kappa shape index (κ3) is 2.21. The third-order valence-corrected chi connectivity index (χ3v) is 3.12. The lowest BCUT2D eigenvalue weighted by Crippen LogP contribution is -2.32. The van der Waals surface area contributed by atoms with E-state index in [-0.39, 0.29) is 0 Å². The van der Waals surface area contributed by atoms with E-state index in [1.807, 2.05) is 12.4 Å². The van der Waals surface area contributed by atoms with Crippen LogP contribution in [0.2, 0.25) is 0 Å². The van der Waals surface area contributed by atoms with Crippen molar-refractivity contribution in [1.82, 2.24) is 4.98 Å². The van der Waals surface area contributed by atoms with Gasteiger partial charge in [0, 0.05) is 0 Å². The van der Waals surface area contributed by atoms with E-state index >= 15 is 0 Å². The summed E-state index contributed by atoms with van der Waals surface area (Å²) < 4.78 is 2.16. The maximum Gasteiger partial charge on any atom is 0.234 e. The van der Waals surface area contributed by atoms with Crippen LogP contribution >= 0.6 is 0 Å². The molecule has 17 heavy (non-hydrogen) atoms. The maximum absolute atomic E-state index is 4.48. The van der Waals surface area contributed by atoms with Gasteiger partial charge >= 0.3 is 0 Å². The molecule has 0 saturated carbocycles. The Balaban J connectivity index is 2.67. The molecule has 0 amide bonds. The number of hydrogen-bond acceptors (Lipinski definition) is 1. The molecule has 88 valence electrons. The average molecular weight is 227 g/mol. The molecular weight excluding hydrogens is 208 g/mol. The first-order valence-corrected chi connectivity index (χ1v) is 6.04. The summed E-state index contributed by atoms with van der Waals surface area (Å²) in [7, 11) is 2.08. The molecular formula is C15H19N2+. The lowest BCUT2D eigenvalue weighted by molar-refractivity contribution is -0.661. The summed E-state index contributed by atoms with van der Waals surface area (Å²) in [4.78, 5) is 4.48. The monoisotopic (exact) mass is 227 g/mol. The normalized spacial score (nSPS) is 10.6. The van der Waals surface area contributed by atoms with Crippen LogP contribution in [-0.4, -0.2) is 4.98 Å². The van der Waals surface area contributed by atoms with Crippen LogP contribution in [0.15, 0.2) is 30.6 Å². The van der Waals surface area contributed by atoms with Gasteiger partial charge in [0.1, 0.15) is 12.7 Å². The van der Waals surface area contributed by atoms with E-state index in [1.54, 1.807) is 0 Å². The highest BCUT2D eigenvalue weighted by atomic mass is 15.0. The van der Waals surface area contributed by atoms with E-state index in [2.05, 4.69) is 55.6 Å². The van der Waals surface area contributed by atoms with Crippen LogP contribution in [0.5, 0.6) is 0 Å². The summed E-state index contributed by atoms with van der Waals surface area (Å²) in [5.41, 5.74) is 6.27. The maximum atomic E-state index is 4.48. The zero-order chi connectivity index (χ0) is 12.4. The molecule has 1 heterocycles. The average Bonchev–Trinajstić information content (AvgIpc) is 2.30. The zero-order valence-electron chi connectivity index (χ0n) is 11.0. The van der Waals surface area contributed by atoms with Gasteiger partial charge in [-0.2, -0.15) is 4.57 Å². The van der Waals surface area contributed by atoms with Crippen LogP contribution in [0.25, 0.3) is 11.3 Å². The molecule has 0 atom stereocenters. The molecule has 1 aromatic carbocycles. The van der Waals surface area contributed by atoms with Gasteiger partial charge < -0.3 is 0 Å². The lowest BCUT2D eigenvalue weighted by Gasteiger charge is -2.08. The smallest absolute Gasteiger partial charge is 0.234 e. The molecule has 0 radical (unpaired) electrons. The van der Waals surface area contributed by atoms with Crippen molar-refractivity contribution in [2.75, 3.05) is 0 Å². The molecule has 2 heteroatoms. The summed E-state index contributed by atoms with van der Waals surface area (Å²) in [5, 5.41) is 0. The van der Waals surface area contributed by atoms with Gasteiger partial charge in [-0.1, -0.05) is 24.6 Å². The number of aromatic nitrogens is 2. The lowest BCUT2D eigenvalue weighted by atomic mass is 10.0. The molecule has 2 aromatic rings. The number of aryl methyl sites for hydroxylation is 4. The Bertz CT molecular complexity index is 545. The summed E-state index contributed by atoms with van der Waals surface area (Å²) >= 11 is 0. The van der Waals surface area contributed by atoms with Crippen LogP contribution in [0.1, 0.15) is 23.7 Å². The minimum atomic E-state index is 0.956. The number of nitrogens with zero attached hydrogens (tertiary/aromatic N) is 2. The molecule has 0 spiro atoms. The topological polar surface area (TPSA) is 16.8 Å². The van der Waals surface area contributed by atoms with E-state index in [4.69, 9.17) is 0 Å². The van der Waals surface area contributed by atoms with Crippen molar-refractivity contribution in [2.45, 2.75) is 27.2 Å². The highest BCUT2D eigenvalue weighted by molar-refractivity contribution is 5.63. The van der Waals surface area contributed by atoms with Gasteiger partial charge in [-0.15, -0.1) is 0 Å². The molecule has 0 saturated heterocycles. The fourth-order valence-corrected chi connectivity index (χ4v) is 2.25. The van der Waals surface area contributed by atoms with Crippen molar-refractivity contribution in [3.63, 3.8) is 0 Å². The third-order valence-electron chi connectivity index (χ3n) is 3.12. The first-order valence-electron chi connectivity index (χ1n) is 6.04. The van der Waals surface area contributed by atoms with Crippen molar-refractivity contribution in [3.05, 3.63) is 47.4 Å². The molecule has 2 nitrogen and oxygen atoms in total. The molecule has 0 aliphatic rings. The SMILES string of the molecule is CCc1ncc[n+](C)c1-c1ccc(C)cc1C. The Labute approximate surface area is 103 Å².